The summed E-state index contributed by atoms with van der Waals surface area (Å²) in [6.45, 7) is 0.785. The molecule has 0 radical (unpaired) electrons. The van der Waals surface area contributed by atoms with Crippen molar-refractivity contribution in [2.75, 3.05) is 38.7 Å². The van der Waals surface area contributed by atoms with Gasteiger partial charge in [0, 0.05) is 36.6 Å². The number of hydrogen-bond acceptors (Lipinski definition) is 7. The smallest absolute Gasteiger partial charge is 0.379 e. The number of carbonyl (C=O) groups is 1. The molecule has 2 fully saturated rings. The molecule has 2 aliphatic heterocycles. The van der Waals surface area contributed by atoms with Crippen molar-refractivity contribution in [3.63, 3.8) is 0 Å². The average Bonchev–Trinajstić information content (AvgIpc) is 3.62. The highest BCUT2D eigenvalue weighted by atomic mass is 19.4. The molecule has 0 aliphatic carbocycles. The van der Waals surface area contributed by atoms with Crippen LogP contribution in [0.25, 0.3) is 22.4 Å². The number of anilines is 1. The number of likely N-dealkylation sites (tertiary alicyclic amines) is 1. The molecule has 0 saturated carbocycles. The Balaban J connectivity index is 1.23. The lowest BCUT2D eigenvalue weighted by molar-refractivity contribution is -0.139. The molecule has 2 N–H and O–H groups in total. The van der Waals surface area contributed by atoms with Crippen molar-refractivity contribution in [3.05, 3.63) is 54.2 Å². The van der Waals surface area contributed by atoms with Crippen LogP contribution in [0.15, 0.2) is 47.2 Å². The number of nitrogens with zero attached hydrogens (tertiary/aromatic N) is 5. The Bertz CT molecular complexity index is 1540. The maximum atomic E-state index is 14.7. The zero-order chi connectivity index (χ0) is 28.7. The lowest BCUT2D eigenvalue weighted by Crippen LogP contribution is -2.46. The van der Waals surface area contributed by atoms with Gasteiger partial charge in [-0.2, -0.15) is 18.2 Å². The zero-order valence-corrected chi connectivity index (χ0v) is 22.2. The molecule has 2 atom stereocenters. The van der Waals surface area contributed by atoms with Crippen molar-refractivity contribution in [1.29, 1.82) is 0 Å². The van der Waals surface area contributed by atoms with Crippen molar-refractivity contribution < 1.29 is 31.6 Å². The van der Waals surface area contributed by atoms with Crippen LogP contribution in [0.3, 0.4) is 0 Å². The van der Waals surface area contributed by atoms with Gasteiger partial charge in [-0.15, -0.1) is 0 Å². The molecular formula is C27H29F4N7O3. The number of carbonyl (C=O) groups excluding carboxylic acids is 1. The molecule has 5 heterocycles. The largest absolute Gasteiger partial charge is 0.406 e. The summed E-state index contributed by atoms with van der Waals surface area (Å²) in [5, 5.41) is 10.3. The van der Waals surface area contributed by atoms with Crippen LogP contribution in [0, 0.1) is 0 Å². The SMILES string of the molecule is CN1CC[C@@H](Nc2cccc3c2cc(-c2noc(CNC(=O)c4ccn(C5COC5)c4)n2)n3CC(F)(F)F)[C@@H](F)C1. The fourth-order valence-electron chi connectivity index (χ4n) is 5.22. The molecule has 0 spiro atoms. The predicted molar refractivity (Wildman–Crippen MR) is 141 cm³/mol. The van der Waals surface area contributed by atoms with E-state index in [4.69, 9.17) is 9.26 Å². The van der Waals surface area contributed by atoms with Crippen molar-refractivity contribution in [2.45, 2.75) is 43.9 Å². The van der Waals surface area contributed by atoms with Gasteiger partial charge in [-0.25, -0.2) is 4.39 Å². The third kappa shape index (κ3) is 5.79. The monoisotopic (exact) mass is 575 g/mol. The van der Waals surface area contributed by atoms with Crippen LogP contribution >= 0.6 is 0 Å². The van der Waals surface area contributed by atoms with Gasteiger partial charge in [0.1, 0.15) is 12.7 Å². The summed E-state index contributed by atoms with van der Waals surface area (Å²) in [5.74, 6) is -0.376. The second-order valence-corrected chi connectivity index (χ2v) is 10.5. The van der Waals surface area contributed by atoms with Crippen molar-refractivity contribution >= 4 is 22.5 Å². The standard InChI is InChI=1S/C27H29F4N7O3/c1-36-7-6-21(19(28)12-36)33-20-3-2-4-22-18(20)9-23(38(22)15-27(29,30)31)25-34-24(41-35-25)10-32-26(39)16-5-8-37(11-16)17-13-40-14-17/h2-5,8-9,11,17,19,21,33H,6-7,10,12-15H2,1H3,(H,32,39)/t19-,21+/m0/s1. The number of halogens is 4. The van der Waals surface area contributed by atoms with Crippen LogP contribution in [0.2, 0.25) is 0 Å². The molecule has 0 unspecified atom stereocenters. The highest BCUT2D eigenvalue weighted by molar-refractivity contribution is 5.96. The molecule has 3 aromatic heterocycles. The molecule has 6 rings (SSSR count). The number of nitrogens with one attached hydrogen (secondary N) is 2. The number of aromatic nitrogens is 4. The quantitative estimate of drug-likeness (QED) is 0.306. The van der Waals surface area contributed by atoms with Crippen molar-refractivity contribution in [2.24, 2.45) is 0 Å². The molecule has 1 aromatic carbocycles. The number of amides is 1. The Hall–Kier alpha value is -3.91. The van der Waals surface area contributed by atoms with Crippen LogP contribution in [-0.2, 0) is 17.8 Å². The van der Waals surface area contributed by atoms with Crippen molar-refractivity contribution in [3.8, 4) is 11.5 Å². The van der Waals surface area contributed by atoms with E-state index in [0.29, 0.717) is 48.3 Å². The topological polar surface area (TPSA) is 102 Å². The number of hydrogen-bond donors (Lipinski definition) is 2. The van der Waals surface area contributed by atoms with Gasteiger partial charge in [0.05, 0.1) is 48.6 Å². The van der Waals surface area contributed by atoms with Gasteiger partial charge >= 0.3 is 6.18 Å². The summed E-state index contributed by atoms with van der Waals surface area (Å²) in [4.78, 5) is 18.8. The number of benzene rings is 1. The molecule has 10 nitrogen and oxygen atoms in total. The van der Waals surface area contributed by atoms with Crippen LogP contribution in [-0.4, -0.2) is 81.8 Å². The Morgan fingerprint density at radius 1 is 1.22 bits per heavy atom. The molecule has 218 valence electrons. The summed E-state index contributed by atoms with van der Waals surface area (Å²) in [7, 11) is 1.85. The Morgan fingerprint density at radius 3 is 2.78 bits per heavy atom. The van der Waals surface area contributed by atoms with E-state index < -0.39 is 24.9 Å². The summed E-state index contributed by atoms with van der Waals surface area (Å²) in [6, 6.07) is 7.89. The highest BCUT2D eigenvalue weighted by Crippen LogP contribution is 2.35. The lowest BCUT2D eigenvalue weighted by atomic mass is 10.0. The fraction of sp³-hybridized carbons (Fsp3) is 0.444. The van der Waals surface area contributed by atoms with E-state index in [1.54, 1.807) is 42.7 Å². The van der Waals surface area contributed by atoms with Crippen molar-refractivity contribution in [1.82, 2.24) is 29.5 Å². The van der Waals surface area contributed by atoms with Gasteiger partial charge in [-0.05, 0) is 37.7 Å². The summed E-state index contributed by atoms with van der Waals surface area (Å²) in [5.41, 5.74) is 1.36. The van der Waals surface area contributed by atoms with E-state index in [1.807, 2.05) is 16.5 Å². The van der Waals surface area contributed by atoms with Crippen LogP contribution in [0.4, 0.5) is 23.2 Å². The molecule has 41 heavy (non-hydrogen) atoms. The molecule has 2 aliphatic rings. The second-order valence-electron chi connectivity index (χ2n) is 10.5. The average molecular weight is 576 g/mol. The minimum atomic E-state index is -4.52. The predicted octanol–water partition coefficient (Wildman–Crippen LogP) is 4.01. The highest BCUT2D eigenvalue weighted by Gasteiger charge is 2.32. The molecule has 0 bridgehead atoms. The summed E-state index contributed by atoms with van der Waals surface area (Å²) >= 11 is 0. The fourth-order valence-corrected chi connectivity index (χ4v) is 5.22. The first-order chi connectivity index (χ1) is 19.6. The number of alkyl halides is 4. The normalized spacial score (nSPS) is 20.3. The molecule has 14 heteroatoms. The Kier molecular flexibility index (Phi) is 7.20. The second kappa shape index (κ2) is 10.8. The third-order valence-corrected chi connectivity index (χ3v) is 7.48. The minimum absolute atomic E-state index is 0.0361. The molecular weight excluding hydrogens is 546 g/mol. The lowest BCUT2D eigenvalue weighted by Gasteiger charge is -2.33. The van der Waals surface area contributed by atoms with E-state index in [1.165, 1.54) is 0 Å². The molecule has 2 saturated heterocycles. The van der Waals surface area contributed by atoms with Gasteiger partial charge in [0.15, 0.2) is 0 Å². The number of rotatable bonds is 8. The number of piperidine rings is 1. The maximum Gasteiger partial charge on any atom is 0.406 e. The van der Waals surface area contributed by atoms with E-state index in [9.17, 15) is 22.4 Å². The first-order valence-corrected chi connectivity index (χ1v) is 13.3. The van der Waals surface area contributed by atoms with Gasteiger partial charge in [0.25, 0.3) is 5.91 Å². The minimum Gasteiger partial charge on any atom is -0.379 e. The maximum absolute atomic E-state index is 14.7. The number of ether oxygens (including phenoxy) is 1. The Labute approximate surface area is 232 Å². The Morgan fingerprint density at radius 2 is 2.05 bits per heavy atom. The van der Waals surface area contributed by atoms with E-state index in [2.05, 4.69) is 20.8 Å². The van der Waals surface area contributed by atoms with Crippen LogP contribution in [0.5, 0.6) is 0 Å². The molecule has 4 aromatic rings. The van der Waals surface area contributed by atoms with Crippen LogP contribution in [0.1, 0.15) is 28.7 Å². The van der Waals surface area contributed by atoms with E-state index in [0.717, 1.165) is 4.57 Å². The third-order valence-electron chi connectivity index (χ3n) is 7.48. The van der Waals surface area contributed by atoms with Gasteiger partial charge in [-0.3, -0.25) is 4.79 Å². The zero-order valence-electron chi connectivity index (χ0n) is 22.2. The first kappa shape index (κ1) is 27.3. The first-order valence-electron chi connectivity index (χ1n) is 13.3. The van der Waals surface area contributed by atoms with E-state index >= 15 is 0 Å². The van der Waals surface area contributed by atoms with Gasteiger partial charge < -0.3 is 33.9 Å². The summed E-state index contributed by atoms with van der Waals surface area (Å²) in [6.07, 6.45) is -1.56. The summed E-state index contributed by atoms with van der Waals surface area (Å²) < 4.78 is 69.1. The van der Waals surface area contributed by atoms with Crippen LogP contribution < -0.4 is 10.6 Å². The van der Waals surface area contributed by atoms with Gasteiger partial charge in [0.2, 0.25) is 11.7 Å². The number of fused-ring (bicyclic) bond motifs is 1. The van der Waals surface area contributed by atoms with Gasteiger partial charge in [-0.1, -0.05) is 11.2 Å². The van der Waals surface area contributed by atoms with E-state index in [-0.39, 0.29) is 42.4 Å². The molecule has 1 amide bonds.